The van der Waals surface area contributed by atoms with E-state index in [1.54, 1.807) is 11.8 Å². The van der Waals surface area contributed by atoms with Gasteiger partial charge in [0, 0.05) is 59.3 Å². The van der Waals surface area contributed by atoms with Gasteiger partial charge >= 0.3 is 0 Å². The summed E-state index contributed by atoms with van der Waals surface area (Å²) in [5.74, 6) is 0.358. The number of halogens is 1. The van der Waals surface area contributed by atoms with Crippen LogP contribution in [0.25, 0.3) is 11.1 Å². The third kappa shape index (κ3) is 10.9. The van der Waals surface area contributed by atoms with Gasteiger partial charge in [-0.3, -0.25) is 9.78 Å². The topological polar surface area (TPSA) is 190 Å². The molecule has 0 bridgehead atoms. The number of benzene rings is 2. The molecule has 5 rings (SSSR count). The van der Waals surface area contributed by atoms with E-state index in [0.717, 1.165) is 64.8 Å². The number of aliphatic hydroxyl groups excluding tert-OH is 5. The van der Waals surface area contributed by atoms with Gasteiger partial charge in [-0.15, -0.1) is 11.8 Å². The first-order valence-electron chi connectivity index (χ1n) is 17.5. The molecule has 2 aliphatic rings. The molecule has 6 N–H and O–H groups in total. The van der Waals surface area contributed by atoms with E-state index in [4.69, 9.17) is 21.4 Å². The van der Waals surface area contributed by atoms with Gasteiger partial charge in [-0.25, -0.2) is 8.42 Å². The molecule has 1 heterocycles. The number of carbonyl (C=O) groups excluding carboxylic acids is 1. The van der Waals surface area contributed by atoms with Gasteiger partial charge in [0.1, 0.15) is 33.9 Å². The van der Waals surface area contributed by atoms with Gasteiger partial charge in [-0.05, 0) is 91.3 Å². The summed E-state index contributed by atoms with van der Waals surface area (Å²) in [5, 5.41) is 53.8. The number of pyridine rings is 1. The SMILES string of the molecule is CS(=O)(=O)CCCN(CCCSc1ccc(Cl)c(CNC2(c3cnccc3-c3ccccc3OC3CC3)CC2)c1)C(=O)[C@@H](O)[C@@H](O)[C@H](O)[C@@H](O)CO. The number of aromatic nitrogens is 1. The fraction of sp³-hybridized carbons (Fsp3) is 0.514. The Labute approximate surface area is 314 Å². The van der Waals surface area contributed by atoms with Crippen LogP contribution in [0.4, 0.5) is 0 Å². The van der Waals surface area contributed by atoms with Crippen LogP contribution in [0.15, 0.2) is 65.8 Å². The quantitative estimate of drug-likeness (QED) is 0.0687. The zero-order chi connectivity index (χ0) is 37.5. The Morgan fingerprint density at radius 3 is 2.48 bits per heavy atom. The van der Waals surface area contributed by atoms with Gasteiger partial charge < -0.3 is 40.5 Å². The van der Waals surface area contributed by atoms with Crippen molar-refractivity contribution in [3.05, 3.63) is 77.1 Å². The molecule has 284 valence electrons. The van der Waals surface area contributed by atoms with Crippen LogP contribution in [0.1, 0.15) is 49.7 Å². The van der Waals surface area contributed by atoms with Gasteiger partial charge in [0.15, 0.2) is 6.10 Å². The van der Waals surface area contributed by atoms with Crippen LogP contribution in [0.3, 0.4) is 0 Å². The third-order valence-corrected chi connectivity index (χ3v) is 11.8. The Kier molecular flexibility index (Phi) is 14.0. The maximum atomic E-state index is 13.1. The molecule has 0 saturated heterocycles. The van der Waals surface area contributed by atoms with Gasteiger partial charge in [0.25, 0.3) is 5.91 Å². The van der Waals surface area contributed by atoms with Crippen LogP contribution in [0.2, 0.25) is 5.02 Å². The van der Waals surface area contributed by atoms with E-state index in [9.17, 15) is 33.6 Å². The normalized spacial score (nSPS) is 17.6. The summed E-state index contributed by atoms with van der Waals surface area (Å²) in [6.45, 7) is -0.212. The monoisotopic (exact) mass is 777 g/mol. The lowest BCUT2D eigenvalue weighted by molar-refractivity contribution is -0.158. The number of hydrogen-bond donors (Lipinski definition) is 6. The fourth-order valence-corrected chi connectivity index (χ4v) is 7.76. The molecule has 1 aromatic heterocycles. The Morgan fingerprint density at radius 1 is 1.06 bits per heavy atom. The number of thioether (sulfide) groups is 1. The van der Waals surface area contributed by atoms with Gasteiger partial charge in [0.05, 0.1) is 18.5 Å². The van der Waals surface area contributed by atoms with Crippen molar-refractivity contribution >= 4 is 39.1 Å². The molecule has 0 radical (unpaired) electrons. The molecule has 0 unspecified atom stereocenters. The third-order valence-electron chi connectivity index (χ3n) is 9.32. The Hall–Kier alpha value is -2.79. The lowest BCUT2D eigenvalue weighted by Gasteiger charge is -2.30. The summed E-state index contributed by atoms with van der Waals surface area (Å²) >= 11 is 8.21. The summed E-state index contributed by atoms with van der Waals surface area (Å²) in [6.07, 6.45) is 1.88. The molecule has 0 aliphatic heterocycles. The zero-order valence-corrected chi connectivity index (χ0v) is 31.5. The predicted molar refractivity (Wildman–Crippen MR) is 200 cm³/mol. The Morgan fingerprint density at radius 2 is 1.79 bits per heavy atom. The first-order chi connectivity index (χ1) is 24.8. The molecular weight excluding hydrogens is 730 g/mol. The van der Waals surface area contributed by atoms with Gasteiger partial charge in [0.2, 0.25) is 0 Å². The van der Waals surface area contributed by atoms with E-state index in [2.05, 4.69) is 16.4 Å². The smallest absolute Gasteiger partial charge is 0.254 e. The highest BCUT2D eigenvalue weighted by atomic mass is 35.5. The van der Waals surface area contributed by atoms with Crippen LogP contribution in [-0.2, 0) is 26.7 Å². The van der Waals surface area contributed by atoms with E-state index in [-0.39, 0.29) is 36.9 Å². The molecule has 2 fully saturated rings. The number of amides is 1. The van der Waals surface area contributed by atoms with Gasteiger partial charge in [-0.1, -0.05) is 29.8 Å². The van der Waals surface area contributed by atoms with Crippen LogP contribution < -0.4 is 10.1 Å². The van der Waals surface area contributed by atoms with Crippen LogP contribution in [0, 0.1) is 0 Å². The molecule has 4 atom stereocenters. The first kappa shape index (κ1) is 40.4. The highest BCUT2D eigenvalue weighted by Gasteiger charge is 2.46. The molecule has 3 aromatic rings. The number of aliphatic hydroxyl groups is 5. The van der Waals surface area contributed by atoms with E-state index in [0.29, 0.717) is 23.7 Å². The average Bonchev–Trinajstić information content (AvgIpc) is 4.08. The minimum atomic E-state index is -3.30. The predicted octanol–water partition coefficient (Wildman–Crippen LogP) is 2.90. The molecule has 0 spiro atoms. The fourth-order valence-electron chi connectivity index (χ4n) is 6.03. The largest absolute Gasteiger partial charge is 0.490 e. The zero-order valence-electron chi connectivity index (χ0n) is 29.1. The van der Waals surface area contributed by atoms with Gasteiger partial charge in [-0.2, -0.15) is 0 Å². The van der Waals surface area contributed by atoms with Crippen molar-refractivity contribution in [1.82, 2.24) is 15.2 Å². The lowest BCUT2D eigenvalue weighted by atomic mass is 9.94. The number of hydrogen-bond acceptors (Lipinski definition) is 12. The number of rotatable bonds is 21. The van der Waals surface area contributed by atoms with Crippen LogP contribution >= 0.6 is 23.4 Å². The Bertz CT molecular complexity index is 1770. The maximum Gasteiger partial charge on any atom is 0.254 e. The van der Waals surface area contributed by atoms with Crippen molar-refractivity contribution in [3.63, 3.8) is 0 Å². The van der Waals surface area contributed by atoms with Crippen molar-refractivity contribution < 1.29 is 43.5 Å². The lowest BCUT2D eigenvalue weighted by Crippen LogP contribution is -2.53. The van der Waals surface area contributed by atoms with E-state index in [1.165, 1.54) is 4.90 Å². The number of nitrogens with zero attached hydrogens (tertiary/aromatic N) is 2. The van der Waals surface area contributed by atoms with Crippen molar-refractivity contribution in [2.45, 2.75) is 86.0 Å². The van der Waals surface area contributed by atoms with Crippen LogP contribution in [-0.4, -0.2) is 118 Å². The number of carbonyl (C=O) groups is 1. The maximum absolute atomic E-state index is 13.1. The summed E-state index contributed by atoms with van der Waals surface area (Å²) < 4.78 is 29.6. The summed E-state index contributed by atoms with van der Waals surface area (Å²) in [4.78, 5) is 19.8. The van der Waals surface area contributed by atoms with Crippen molar-refractivity contribution in [2.75, 3.05) is 37.5 Å². The second-order valence-electron chi connectivity index (χ2n) is 13.6. The summed E-state index contributed by atoms with van der Waals surface area (Å²) in [7, 11) is -3.30. The van der Waals surface area contributed by atoms with Crippen molar-refractivity contribution in [1.29, 1.82) is 0 Å². The number of ether oxygens (including phenoxy) is 1. The molecule has 52 heavy (non-hydrogen) atoms. The van der Waals surface area contributed by atoms with E-state index in [1.807, 2.05) is 54.9 Å². The number of sulfone groups is 1. The first-order valence-corrected chi connectivity index (χ1v) is 20.9. The highest BCUT2D eigenvalue weighted by Crippen LogP contribution is 2.50. The second kappa shape index (κ2) is 18.0. The summed E-state index contributed by atoms with van der Waals surface area (Å²) in [6, 6.07) is 16.0. The number of para-hydroxylation sites is 1. The molecule has 12 nitrogen and oxygen atoms in total. The molecular formula is C37H48ClN3O9S2. The van der Waals surface area contributed by atoms with E-state index < -0.39 is 46.8 Å². The molecule has 1 amide bonds. The molecule has 2 saturated carbocycles. The van der Waals surface area contributed by atoms with Crippen molar-refractivity contribution in [3.8, 4) is 16.9 Å². The summed E-state index contributed by atoms with van der Waals surface area (Å²) in [5.41, 5.74) is 3.95. The minimum Gasteiger partial charge on any atom is -0.490 e. The number of nitrogens with one attached hydrogen (secondary N) is 1. The average molecular weight is 778 g/mol. The Balaban J connectivity index is 1.20. The standard InChI is InChI=1S/C37H48ClN3O9S2/c1-52(48,49)19-5-17-41(36(47)35(46)34(45)33(44)31(43)23-42)16-4-18-51-26-10-11-30(38)24(20-26)21-40-37(13-14-37)29-22-39-15-12-27(29)28-6-2-3-7-32(28)50-25-8-9-25/h2-3,6-7,10-12,15,20,22,25,31,33-35,40,42-46H,4-5,8-9,13-14,16-19,21,23H2,1H3/t31-,33+,34-,35-/m0/s1. The minimum absolute atomic E-state index is 0.00468. The second-order valence-corrected chi connectivity index (χ2v) is 17.4. The molecule has 15 heteroatoms. The van der Waals surface area contributed by atoms with Crippen LogP contribution in [0.5, 0.6) is 5.75 Å². The molecule has 2 aromatic carbocycles. The van der Waals surface area contributed by atoms with E-state index >= 15 is 0 Å². The highest BCUT2D eigenvalue weighted by molar-refractivity contribution is 7.99. The van der Waals surface area contributed by atoms with Crippen molar-refractivity contribution in [2.24, 2.45) is 0 Å². The molecule has 2 aliphatic carbocycles.